The topological polar surface area (TPSA) is 102 Å². The molecule has 8 nitrogen and oxygen atoms in total. The molecule has 1 aliphatic rings. The Morgan fingerprint density at radius 2 is 1.76 bits per heavy atom. The first-order valence-corrected chi connectivity index (χ1v) is 17.4. The summed E-state index contributed by atoms with van der Waals surface area (Å²) < 4.78 is 12.5. The van der Waals surface area contributed by atoms with Crippen molar-refractivity contribution in [1.82, 2.24) is 10.2 Å². The monoisotopic (exact) mass is 697 g/mol. The molecule has 1 N–H and O–H groups in total. The second-order valence-corrected chi connectivity index (χ2v) is 13.6. The van der Waals surface area contributed by atoms with Crippen molar-refractivity contribution in [2.45, 2.75) is 56.2 Å². The Hall–Kier alpha value is -3.57. The average Bonchev–Trinajstić information content (AvgIpc) is 3.61. The highest BCUT2D eigenvalue weighted by molar-refractivity contribution is 8.00. The third kappa shape index (κ3) is 7.52. The van der Waals surface area contributed by atoms with Crippen molar-refractivity contribution in [3.63, 3.8) is 0 Å². The summed E-state index contributed by atoms with van der Waals surface area (Å²) in [5.41, 5.74) is 2.78. The van der Waals surface area contributed by atoms with E-state index in [-0.39, 0.29) is 16.5 Å². The van der Waals surface area contributed by atoms with E-state index in [0.29, 0.717) is 56.0 Å². The van der Waals surface area contributed by atoms with Crippen LogP contribution in [0.15, 0.2) is 70.6 Å². The number of rotatable bonds is 13. The van der Waals surface area contributed by atoms with Crippen LogP contribution >= 0.6 is 46.3 Å². The highest BCUT2D eigenvalue weighted by Gasteiger charge is 2.48. The van der Waals surface area contributed by atoms with Gasteiger partial charge in [0.2, 0.25) is 5.13 Å². The molecule has 0 saturated carbocycles. The summed E-state index contributed by atoms with van der Waals surface area (Å²) in [6, 6.07) is 16.7. The summed E-state index contributed by atoms with van der Waals surface area (Å²) in [5.74, 6) is -0.376. The van der Waals surface area contributed by atoms with Crippen molar-refractivity contribution in [2.75, 3.05) is 18.1 Å². The first kappa shape index (κ1) is 33.8. The predicted octanol–water partition coefficient (Wildman–Crippen LogP) is 9.04. The first-order chi connectivity index (χ1) is 22.2. The number of hydrogen-bond donors (Lipinski definition) is 1. The Bertz CT molecular complexity index is 1760. The summed E-state index contributed by atoms with van der Waals surface area (Å²) in [6.07, 6.45) is 3.02. The smallest absolute Gasteiger partial charge is 0.301 e. The minimum atomic E-state index is -0.994. The molecule has 0 bridgehead atoms. The number of benzene rings is 3. The largest absolute Gasteiger partial charge is 0.507 e. The second-order valence-electron chi connectivity index (χ2n) is 10.6. The van der Waals surface area contributed by atoms with Gasteiger partial charge in [-0.05, 0) is 55.7 Å². The van der Waals surface area contributed by atoms with Crippen LogP contribution in [-0.2, 0) is 15.3 Å². The van der Waals surface area contributed by atoms with Gasteiger partial charge >= 0.3 is 5.91 Å². The van der Waals surface area contributed by atoms with Gasteiger partial charge in [-0.15, -0.1) is 10.2 Å². The highest BCUT2D eigenvalue weighted by atomic mass is 35.5. The Morgan fingerprint density at radius 1 is 0.978 bits per heavy atom. The van der Waals surface area contributed by atoms with E-state index in [4.69, 9.17) is 32.7 Å². The minimum Gasteiger partial charge on any atom is -0.507 e. The van der Waals surface area contributed by atoms with Crippen LogP contribution in [0.1, 0.15) is 61.4 Å². The zero-order valence-corrected chi connectivity index (χ0v) is 28.7. The van der Waals surface area contributed by atoms with Crippen molar-refractivity contribution < 1.29 is 24.2 Å². The number of nitrogens with zero attached hydrogens (tertiary/aromatic N) is 3. The zero-order chi connectivity index (χ0) is 32.8. The number of carbonyl (C=O) groups is 2. The molecule has 1 aliphatic heterocycles. The summed E-state index contributed by atoms with van der Waals surface area (Å²) in [7, 11) is 0. The molecule has 240 valence electrons. The maximum absolute atomic E-state index is 13.7. The molecule has 4 aromatic rings. The van der Waals surface area contributed by atoms with Crippen molar-refractivity contribution in [2.24, 2.45) is 0 Å². The van der Waals surface area contributed by atoms with Crippen molar-refractivity contribution in [3.8, 4) is 11.5 Å². The van der Waals surface area contributed by atoms with Crippen molar-refractivity contribution in [3.05, 3.63) is 98.5 Å². The van der Waals surface area contributed by atoms with E-state index < -0.39 is 17.7 Å². The normalized spacial score (nSPS) is 15.8. The Balaban J connectivity index is 1.54. The number of aryl methyl sites for hydroxylation is 1. The summed E-state index contributed by atoms with van der Waals surface area (Å²) >= 11 is 15.0. The second kappa shape index (κ2) is 15.3. The fourth-order valence-corrected chi connectivity index (χ4v) is 7.39. The van der Waals surface area contributed by atoms with Gasteiger partial charge in [0.1, 0.15) is 5.76 Å². The molecule has 1 atom stereocenters. The number of amides is 1. The molecule has 1 fully saturated rings. The molecule has 1 unspecified atom stereocenters. The number of aliphatic hydroxyl groups excluding tert-OH is 1. The molecular weight excluding hydrogens is 665 g/mol. The molecule has 1 amide bonds. The van der Waals surface area contributed by atoms with Crippen molar-refractivity contribution in [1.29, 1.82) is 0 Å². The van der Waals surface area contributed by atoms with Crippen LogP contribution in [-0.4, -0.2) is 40.2 Å². The van der Waals surface area contributed by atoms with E-state index in [9.17, 15) is 14.7 Å². The van der Waals surface area contributed by atoms with E-state index >= 15 is 0 Å². The number of aliphatic hydroxyl groups is 1. The number of unbranched alkanes of at least 4 members (excludes halogenated alkanes) is 2. The van der Waals surface area contributed by atoms with Gasteiger partial charge in [-0.2, -0.15) is 0 Å². The number of thioether (sulfide) groups is 1. The fraction of sp³-hybridized carbons (Fsp3) is 0.294. The lowest BCUT2D eigenvalue weighted by Crippen LogP contribution is -2.29. The summed E-state index contributed by atoms with van der Waals surface area (Å²) in [4.78, 5) is 28.7. The van der Waals surface area contributed by atoms with Crippen LogP contribution in [0.2, 0.25) is 10.0 Å². The van der Waals surface area contributed by atoms with Gasteiger partial charge in [0.25, 0.3) is 5.78 Å². The van der Waals surface area contributed by atoms with Gasteiger partial charge in [0.05, 0.1) is 24.8 Å². The predicted molar refractivity (Wildman–Crippen MR) is 185 cm³/mol. The number of Topliss-reactive ketones (excluding diaryl/α,β-unsaturated/α-hetero) is 1. The SMILES string of the molecule is CCCCCOc1ccc(C2C(=C(O)c3ccc(C)cc3)C(=O)C(=O)N2c2nnc(SCc3ccc(Cl)cc3Cl)s2)cc1OCC. The van der Waals surface area contributed by atoms with Gasteiger partial charge in [0.15, 0.2) is 15.8 Å². The van der Waals surface area contributed by atoms with E-state index in [1.807, 2.05) is 32.0 Å². The zero-order valence-electron chi connectivity index (χ0n) is 25.6. The van der Waals surface area contributed by atoms with Crippen LogP contribution in [0.3, 0.4) is 0 Å². The molecule has 0 radical (unpaired) electrons. The van der Waals surface area contributed by atoms with Crippen LogP contribution in [0.4, 0.5) is 5.13 Å². The highest BCUT2D eigenvalue weighted by Crippen LogP contribution is 2.46. The van der Waals surface area contributed by atoms with E-state index in [1.54, 1.807) is 42.5 Å². The third-order valence-corrected chi connectivity index (χ3v) is 10.0. The third-order valence-electron chi connectivity index (χ3n) is 7.33. The quantitative estimate of drug-likeness (QED) is 0.0369. The lowest BCUT2D eigenvalue weighted by molar-refractivity contribution is -0.132. The maximum atomic E-state index is 13.7. The van der Waals surface area contributed by atoms with Gasteiger partial charge in [-0.25, -0.2) is 0 Å². The summed E-state index contributed by atoms with van der Waals surface area (Å²) in [5, 5.41) is 21.4. The first-order valence-electron chi connectivity index (χ1n) is 14.9. The lowest BCUT2D eigenvalue weighted by Gasteiger charge is -2.23. The number of anilines is 1. The number of hydrogen-bond acceptors (Lipinski definition) is 9. The molecular formula is C34H33Cl2N3O5S2. The number of aromatic nitrogens is 2. The standard InChI is InChI=1S/C34H33Cl2N3O5S2/c1-4-6-7-16-44-26-15-13-22(17-27(26)43-5-2)29-28(30(40)21-10-8-20(3)9-11-21)31(41)32(42)39(29)33-37-38-34(46-33)45-19-23-12-14-24(35)18-25(23)36/h8-15,17-18,29,40H,4-7,16,19H2,1-3H3. The van der Waals surface area contributed by atoms with E-state index in [2.05, 4.69) is 17.1 Å². The van der Waals surface area contributed by atoms with Gasteiger partial charge < -0.3 is 14.6 Å². The molecule has 1 saturated heterocycles. The molecule has 46 heavy (non-hydrogen) atoms. The number of ketones is 1. The molecule has 0 spiro atoms. The fourth-order valence-electron chi connectivity index (χ4n) is 4.97. The minimum absolute atomic E-state index is 0.0507. The molecule has 2 heterocycles. The molecule has 5 rings (SSSR count). The van der Waals surface area contributed by atoms with Crippen LogP contribution in [0.5, 0.6) is 11.5 Å². The number of ether oxygens (including phenoxy) is 2. The number of halogens is 2. The van der Waals surface area contributed by atoms with Crippen LogP contribution in [0.25, 0.3) is 5.76 Å². The van der Waals surface area contributed by atoms with Gasteiger partial charge in [-0.3, -0.25) is 14.5 Å². The number of carbonyl (C=O) groups excluding carboxylic acids is 2. The average molecular weight is 699 g/mol. The molecule has 1 aromatic heterocycles. The maximum Gasteiger partial charge on any atom is 0.301 e. The lowest BCUT2D eigenvalue weighted by atomic mass is 9.95. The van der Waals surface area contributed by atoms with Crippen molar-refractivity contribution >= 4 is 68.9 Å². The Labute approximate surface area is 286 Å². The molecule has 3 aromatic carbocycles. The van der Waals surface area contributed by atoms with E-state index in [1.165, 1.54) is 28.0 Å². The Morgan fingerprint density at radius 3 is 2.48 bits per heavy atom. The van der Waals surface area contributed by atoms with Crippen LogP contribution in [0, 0.1) is 6.92 Å². The van der Waals surface area contributed by atoms with Gasteiger partial charge in [0, 0.05) is 21.4 Å². The molecule has 0 aliphatic carbocycles. The molecule has 12 heteroatoms. The van der Waals surface area contributed by atoms with E-state index in [0.717, 1.165) is 30.4 Å². The van der Waals surface area contributed by atoms with Crippen LogP contribution < -0.4 is 14.4 Å². The Kier molecular flexibility index (Phi) is 11.3. The van der Waals surface area contributed by atoms with Gasteiger partial charge in [-0.1, -0.05) is 108 Å². The summed E-state index contributed by atoms with van der Waals surface area (Å²) in [6.45, 7) is 6.84.